The van der Waals surface area contributed by atoms with Gasteiger partial charge >= 0.3 is 0 Å². The van der Waals surface area contributed by atoms with Gasteiger partial charge in [-0.15, -0.1) is 0 Å². The molecule has 262 valence electrons. The third kappa shape index (κ3) is 12.9. The van der Waals surface area contributed by atoms with E-state index in [1.165, 1.54) is 28.8 Å². The average molecular weight is 640 g/mol. The first-order valence-corrected chi connectivity index (χ1v) is 16.9. The third-order valence-electron chi connectivity index (χ3n) is 8.67. The number of carbonyl (C=O) groups is 5. The van der Waals surface area contributed by atoms with Crippen LogP contribution in [0.3, 0.4) is 0 Å². The number of nitrogens with zero attached hydrogens (tertiary/aromatic N) is 3. The number of likely N-dealkylation sites (N-methyl/N-ethyl adjacent to an activating group) is 4. The first-order chi connectivity index (χ1) is 20.9. The van der Waals surface area contributed by atoms with Gasteiger partial charge in [0.05, 0.1) is 6.10 Å². The highest BCUT2D eigenvalue weighted by Crippen LogP contribution is 2.23. The second-order valence-corrected chi connectivity index (χ2v) is 13.8. The van der Waals surface area contributed by atoms with Gasteiger partial charge < -0.3 is 30.4 Å². The molecule has 0 aliphatic heterocycles. The molecule has 0 saturated heterocycles. The number of hydrogen-bond acceptors (Lipinski definition) is 6. The maximum absolute atomic E-state index is 14.3. The molecule has 11 heteroatoms. The fraction of sp³-hybridized carbons (Fsp3) is 0.853. The summed E-state index contributed by atoms with van der Waals surface area (Å²) in [5, 5.41) is 16.7. The van der Waals surface area contributed by atoms with E-state index in [2.05, 4.69) is 10.6 Å². The van der Waals surface area contributed by atoms with Crippen LogP contribution >= 0.6 is 0 Å². The van der Waals surface area contributed by atoms with Crippen LogP contribution in [0.25, 0.3) is 0 Å². The van der Waals surface area contributed by atoms with E-state index in [0.29, 0.717) is 38.0 Å². The molecule has 0 aromatic heterocycles. The van der Waals surface area contributed by atoms with Crippen molar-refractivity contribution in [2.75, 3.05) is 28.2 Å². The summed E-state index contributed by atoms with van der Waals surface area (Å²) in [5.41, 5.74) is 0. The van der Waals surface area contributed by atoms with Gasteiger partial charge in [-0.2, -0.15) is 0 Å². The number of aliphatic hydroxyl groups excluding tert-OH is 1. The van der Waals surface area contributed by atoms with Crippen LogP contribution in [0.15, 0.2) is 0 Å². The van der Waals surface area contributed by atoms with Gasteiger partial charge in [-0.3, -0.25) is 24.0 Å². The molecular weight excluding hydrogens is 574 g/mol. The van der Waals surface area contributed by atoms with Crippen LogP contribution in [0, 0.1) is 23.7 Å². The third-order valence-corrected chi connectivity index (χ3v) is 8.67. The lowest BCUT2D eigenvalue weighted by Crippen LogP contribution is -2.63. The molecule has 0 aromatic carbocycles. The number of carbonyl (C=O) groups excluding carboxylic acids is 5. The van der Waals surface area contributed by atoms with E-state index in [0.717, 1.165) is 12.8 Å². The Hall–Kier alpha value is -2.69. The SMILES string of the molecule is CCCC[C@@H](C)[C@@H](O)[C@@H](C(=O)N[C@@H](CC)C(=O)NC)N(C)C(=O)[C@H](C(C)C)N(C)C(=O)[C@H](CC(C)C)N(C)C(=O)CCC(C)C. The minimum absolute atomic E-state index is 0.114. The van der Waals surface area contributed by atoms with Crippen LogP contribution in [0.2, 0.25) is 0 Å². The number of aliphatic hydroxyl groups is 1. The van der Waals surface area contributed by atoms with Gasteiger partial charge in [-0.25, -0.2) is 0 Å². The molecule has 0 heterocycles. The molecule has 0 fully saturated rings. The van der Waals surface area contributed by atoms with Crippen LogP contribution in [0.5, 0.6) is 0 Å². The summed E-state index contributed by atoms with van der Waals surface area (Å²) in [5.74, 6) is -2.19. The maximum Gasteiger partial charge on any atom is 0.246 e. The molecule has 3 N–H and O–H groups in total. The molecular formula is C34H65N5O6. The van der Waals surface area contributed by atoms with Crippen molar-refractivity contribution < 1.29 is 29.1 Å². The van der Waals surface area contributed by atoms with Crippen LogP contribution in [-0.2, 0) is 24.0 Å². The Kier molecular flexibility index (Phi) is 19.2. The van der Waals surface area contributed by atoms with Gasteiger partial charge in [0.25, 0.3) is 0 Å². The number of rotatable bonds is 20. The molecule has 0 rings (SSSR count). The second-order valence-electron chi connectivity index (χ2n) is 13.8. The van der Waals surface area contributed by atoms with E-state index in [1.807, 2.05) is 55.4 Å². The van der Waals surface area contributed by atoms with E-state index in [9.17, 15) is 29.1 Å². The van der Waals surface area contributed by atoms with Gasteiger partial charge in [-0.1, -0.05) is 75.2 Å². The Morgan fingerprint density at radius 1 is 0.733 bits per heavy atom. The zero-order valence-corrected chi connectivity index (χ0v) is 30.5. The standard InChI is InChI=1S/C34H65N5O6/c1-14-16-17-24(9)30(41)29(32(43)36-25(15-2)31(42)35-10)39(13)34(45)28(23(7)8)38(12)33(44)26(20-22(5)6)37(11)27(40)19-18-21(3)4/h21-26,28-30,41H,14-20H2,1-13H3,(H,35,42)(H,36,43)/t24-,25+,26+,28+,29+,30-/m1/s1. The summed E-state index contributed by atoms with van der Waals surface area (Å²) in [4.78, 5) is 71.7. The summed E-state index contributed by atoms with van der Waals surface area (Å²) in [7, 11) is 6.15. The van der Waals surface area contributed by atoms with Crippen LogP contribution < -0.4 is 10.6 Å². The lowest BCUT2D eigenvalue weighted by molar-refractivity contribution is -0.156. The topological polar surface area (TPSA) is 139 Å². The smallest absolute Gasteiger partial charge is 0.246 e. The van der Waals surface area contributed by atoms with Gasteiger partial charge in [0.15, 0.2) is 0 Å². The van der Waals surface area contributed by atoms with Crippen molar-refractivity contribution in [1.29, 1.82) is 0 Å². The van der Waals surface area contributed by atoms with Gasteiger partial charge in [0, 0.05) is 34.6 Å². The predicted octanol–water partition coefficient (Wildman–Crippen LogP) is 3.43. The largest absolute Gasteiger partial charge is 0.390 e. The molecule has 5 amide bonds. The highest BCUT2D eigenvalue weighted by molar-refractivity contribution is 5.95. The van der Waals surface area contributed by atoms with E-state index in [-0.39, 0.29) is 35.5 Å². The van der Waals surface area contributed by atoms with Gasteiger partial charge in [0.2, 0.25) is 29.5 Å². The van der Waals surface area contributed by atoms with Crippen molar-refractivity contribution in [3.05, 3.63) is 0 Å². The van der Waals surface area contributed by atoms with Crippen molar-refractivity contribution in [3.63, 3.8) is 0 Å². The van der Waals surface area contributed by atoms with Crippen LogP contribution in [0.1, 0.15) is 107 Å². The highest BCUT2D eigenvalue weighted by atomic mass is 16.3. The van der Waals surface area contributed by atoms with Crippen molar-refractivity contribution >= 4 is 29.5 Å². The Balaban J connectivity index is 6.54. The first kappa shape index (κ1) is 42.3. The Bertz CT molecular complexity index is 955. The Morgan fingerprint density at radius 2 is 1.29 bits per heavy atom. The molecule has 11 nitrogen and oxygen atoms in total. The first-order valence-electron chi connectivity index (χ1n) is 16.9. The van der Waals surface area contributed by atoms with Crippen molar-refractivity contribution in [1.82, 2.24) is 25.3 Å². The van der Waals surface area contributed by atoms with Crippen molar-refractivity contribution in [2.24, 2.45) is 23.7 Å². The van der Waals surface area contributed by atoms with E-state index >= 15 is 0 Å². The fourth-order valence-corrected chi connectivity index (χ4v) is 5.60. The summed E-state index contributed by atoms with van der Waals surface area (Å²) in [6, 6.07) is -3.85. The van der Waals surface area contributed by atoms with Crippen molar-refractivity contribution in [3.8, 4) is 0 Å². The molecule has 0 aromatic rings. The van der Waals surface area contributed by atoms with E-state index in [1.54, 1.807) is 21.0 Å². The zero-order valence-electron chi connectivity index (χ0n) is 30.5. The second kappa shape index (κ2) is 20.4. The fourth-order valence-electron chi connectivity index (χ4n) is 5.60. The minimum Gasteiger partial charge on any atom is -0.390 e. The number of unbranched alkanes of at least 4 members (excludes halogenated alkanes) is 1. The highest BCUT2D eigenvalue weighted by Gasteiger charge is 2.43. The average Bonchev–Trinajstić information content (AvgIpc) is 2.98. The number of amides is 5. The summed E-state index contributed by atoms with van der Waals surface area (Å²) in [6.45, 7) is 17.3. The van der Waals surface area contributed by atoms with E-state index in [4.69, 9.17) is 0 Å². The summed E-state index contributed by atoms with van der Waals surface area (Å²) < 4.78 is 0. The quantitative estimate of drug-likeness (QED) is 0.187. The van der Waals surface area contributed by atoms with Crippen LogP contribution in [-0.4, -0.2) is 108 Å². The predicted molar refractivity (Wildman–Crippen MR) is 179 cm³/mol. The Labute approximate surface area is 273 Å². The Morgan fingerprint density at radius 3 is 1.73 bits per heavy atom. The monoisotopic (exact) mass is 639 g/mol. The lowest BCUT2D eigenvalue weighted by Gasteiger charge is -2.40. The van der Waals surface area contributed by atoms with Crippen LogP contribution in [0.4, 0.5) is 0 Å². The van der Waals surface area contributed by atoms with Gasteiger partial charge in [0.1, 0.15) is 24.2 Å². The molecule has 0 unspecified atom stereocenters. The molecule has 0 bridgehead atoms. The number of nitrogens with one attached hydrogen (secondary N) is 2. The molecule has 45 heavy (non-hydrogen) atoms. The summed E-state index contributed by atoms with van der Waals surface area (Å²) >= 11 is 0. The molecule has 0 radical (unpaired) electrons. The lowest BCUT2D eigenvalue weighted by atomic mass is 9.90. The van der Waals surface area contributed by atoms with E-state index < -0.39 is 42.1 Å². The molecule has 0 aliphatic carbocycles. The summed E-state index contributed by atoms with van der Waals surface area (Å²) in [6.07, 6.45) is 2.98. The maximum atomic E-state index is 14.3. The minimum atomic E-state index is -1.29. The molecule has 0 spiro atoms. The number of hydrogen-bond donors (Lipinski definition) is 3. The molecule has 0 saturated carbocycles. The zero-order chi connectivity index (χ0) is 35.2. The molecule has 0 aliphatic rings. The molecule has 6 atom stereocenters. The van der Waals surface area contributed by atoms with Gasteiger partial charge in [-0.05, 0) is 49.4 Å². The normalized spacial score (nSPS) is 15.6. The van der Waals surface area contributed by atoms with Crippen molar-refractivity contribution in [2.45, 2.75) is 138 Å².